The van der Waals surface area contributed by atoms with Crippen molar-refractivity contribution in [2.24, 2.45) is 5.73 Å². The molecule has 0 rings (SSSR count). The van der Waals surface area contributed by atoms with Crippen LogP contribution in [-0.2, 0) is 0 Å². The molecule has 0 heterocycles. The normalized spacial score (nSPS) is 16.7. The average molecular weight is 164 g/mol. The fourth-order valence-corrected chi connectivity index (χ4v) is 0. The summed E-state index contributed by atoms with van der Waals surface area (Å²) in [6.07, 6.45) is 0. The molecule has 1 atom stereocenters. The first kappa shape index (κ1) is 7.79. The van der Waals surface area contributed by atoms with E-state index in [4.69, 9.17) is 45.6 Å². The van der Waals surface area contributed by atoms with Crippen LogP contribution in [-0.4, -0.2) is 15.1 Å². The van der Waals surface area contributed by atoms with Crippen molar-refractivity contribution in [1.29, 1.82) is 0 Å². The molecule has 5 heteroatoms. The largest absolute Gasteiger partial charge is 0.360 e. The van der Waals surface area contributed by atoms with E-state index in [9.17, 15) is 0 Å². The molecule has 2 nitrogen and oxygen atoms in total. The molecule has 1 unspecified atom stereocenters. The fourth-order valence-electron chi connectivity index (χ4n) is 0. The van der Waals surface area contributed by atoms with Gasteiger partial charge in [0, 0.05) is 0 Å². The molecule has 0 aromatic carbocycles. The Labute approximate surface area is 56.1 Å². The van der Waals surface area contributed by atoms with Crippen LogP contribution in [0.25, 0.3) is 0 Å². The Bertz CT molecular complexity index is 58.4. The highest BCUT2D eigenvalue weighted by Crippen LogP contribution is 2.21. The Morgan fingerprint density at radius 3 is 1.71 bits per heavy atom. The first-order chi connectivity index (χ1) is 2.94. The van der Waals surface area contributed by atoms with E-state index in [0.717, 1.165) is 0 Å². The van der Waals surface area contributed by atoms with Gasteiger partial charge in [-0.15, -0.1) is 11.6 Å². The molecule has 0 aliphatic heterocycles. The lowest BCUT2D eigenvalue weighted by Gasteiger charge is -2.12. The summed E-state index contributed by atoms with van der Waals surface area (Å²) in [7, 11) is 0. The minimum atomic E-state index is -2.01. The second kappa shape index (κ2) is 2.37. The van der Waals surface area contributed by atoms with Crippen molar-refractivity contribution < 1.29 is 5.11 Å². The van der Waals surface area contributed by atoms with E-state index in [1.165, 1.54) is 0 Å². The summed E-state index contributed by atoms with van der Waals surface area (Å²) in [5, 5.41) is 8.37. The Hall–Kier alpha value is 0.790. The number of rotatable bonds is 1. The van der Waals surface area contributed by atoms with Gasteiger partial charge in [0.2, 0.25) is 4.52 Å². The van der Waals surface area contributed by atoms with Crippen molar-refractivity contribution in [3.05, 3.63) is 0 Å². The zero-order chi connectivity index (χ0) is 6.08. The second-order valence-electron chi connectivity index (χ2n) is 0.990. The quantitative estimate of drug-likeness (QED) is 0.441. The van der Waals surface area contributed by atoms with Gasteiger partial charge >= 0.3 is 0 Å². The summed E-state index contributed by atoms with van der Waals surface area (Å²) in [5.41, 5.74) is 3.68. The highest BCUT2D eigenvalue weighted by molar-refractivity contribution is 6.50. The molecule has 0 fully saturated rings. The van der Waals surface area contributed by atoms with E-state index in [1.54, 1.807) is 0 Å². The molecule has 0 aromatic heterocycles. The number of hydrogen-bond acceptors (Lipinski definition) is 2. The lowest BCUT2D eigenvalue weighted by atomic mass is 10.7. The summed E-state index contributed by atoms with van der Waals surface area (Å²) in [4.78, 5) is 0. The van der Waals surface area contributed by atoms with Crippen molar-refractivity contribution in [3.8, 4) is 0 Å². The van der Waals surface area contributed by atoms with Gasteiger partial charge in [0.25, 0.3) is 0 Å². The number of alkyl halides is 3. The first-order valence-corrected chi connectivity index (χ1v) is 2.63. The predicted molar refractivity (Wildman–Crippen MR) is 30.5 cm³/mol. The maximum atomic E-state index is 8.37. The number of aliphatic hydroxyl groups is 1. The molecule has 0 saturated carbocycles. The number of nitrogens with two attached hydrogens (primary N) is 1. The van der Waals surface area contributed by atoms with E-state index in [-0.39, 0.29) is 0 Å². The van der Waals surface area contributed by atoms with Gasteiger partial charge in [0.1, 0.15) is 5.50 Å². The summed E-state index contributed by atoms with van der Waals surface area (Å²) >= 11 is 14.9. The van der Waals surface area contributed by atoms with Crippen LogP contribution in [0.5, 0.6) is 0 Å². The van der Waals surface area contributed by atoms with Crippen LogP contribution in [0.4, 0.5) is 0 Å². The molecule has 0 aliphatic carbocycles. The number of halogens is 3. The zero-order valence-electron chi connectivity index (χ0n) is 3.24. The van der Waals surface area contributed by atoms with Crippen molar-refractivity contribution in [2.45, 2.75) is 10.0 Å². The summed E-state index contributed by atoms with van der Waals surface area (Å²) < 4.78 is -2.01. The van der Waals surface area contributed by atoms with E-state index in [2.05, 4.69) is 0 Å². The van der Waals surface area contributed by atoms with Crippen LogP contribution in [0.3, 0.4) is 0 Å². The van der Waals surface area contributed by atoms with E-state index in [1.807, 2.05) is 0 Å². The third-order valence-corrected chi connectivity index (χ3v) is 1.34. The van der Waals surface area contributed by atoms with Gasteiger partial charge in [-0.1, -0.05) is 23.2 Å². The molecule has 3 N–H and O–H groups in total. The van der Waals surface area contributed by atoms with Crippen LogP contribution < -0.4 is 5.73 Å². The van der Waals surface area contributed by atoms with Crippen LogP contribution in [0.1, 0.15) is 0 Å². The SMILES string of the molecule is NC(Cl)C(O)(Cl)Cl. The third kappa shape index (κ3) is 3.38. The van der Waals surface area contributed by atoms with E-state index in [0.29, 0.717) is 0 Å². The van der Waals surface area contributed by atoms with Crippen molar-refractivity contribution in [3.63, 3.8) is 0 Å². The molecule has 0 aromatic rings. The molecule has 0 bridgehead atoms. The van der Waals surface area contributed by atoms with Crippen molar-refractivity contribution in [1.82, 2.24) is 0 Å². The van der Waals surface area contributed by atoms with Crippen LogP contribution in [0.2, 0.25) is 0 Å². The molecule has 0 spiro atoms. The standard InChI is InChI=1S/C2H4Cl3NO/c3-1(6)2(4,5)7/h1,7H,6H2. The summed E-state index contributed by atoms with van der Waals surface area (Å²) in [6.45, 7) is 0. The smallest absolute Gasteiger partial charge is 0.244 e. The molecule has 7 heavy (non-hydrogen) atoms. The molecule has 0 saturated heterocycles. The van der Waals surface area contributed by atoms with Crippen LogP contribution >= 0.6 is 34.8 Å². The Morgan fingerprint density at radius 1 is 1.57 bits per heavy atom. The lowest BCUT2D eigenvalue weighted by Crippen LogP contribution is -2.33. The average Bonchev–Trinajstić information content (AvgIpc) is 1.31. The molecule has 0 aliphatic rings. The summed E-state index contributed by atoms with van der Waals surface area (Å²) in [5.74, 6) is 0. The van der Waals surface area contributed by atoms with E-state index < -0.39 is 10.0 Å². The van der Waals surface area contributed by atoms with Crippen molar-refractivity contribution in [2.75, 3.05) is 0 Å². The molecule has 0 radical (unpaired) electrons. The minimum Gasteiger partial charge on any atom is -0.360 e. The minimum absolute atomic E-state index is 1.14. The van der Waals surface area contributed by atoms with Crippen LogP contribution in [0.15, 0.2) is 0 Å². The lowest BCUT2D eigenvalue weighted by molar-refractivity contribution is 0.210. The molecule has 44 valence electrons. The van der Waals surface area contributed by atoms with Gasteiger partial charge in [-0.25, -0.2) is 0 Å². The molecular formula is C2H4Cl3NO. The third-order valence-electron chi connectivity index (χ3n) is 0.332. The topological polar surface area (TPSA) is 46.2 Å². The van der Waals surface area contributed by atoms with Gasteiger partial charge < -0.3 is 10.8 Å². The Kier molecular flexibility index (Phi) is 2.64. The molecule has 0 amide bonds. The van der Waals surface area contributed by atoms with Gasteiger partial charge in [-0.3, -0.25) is 0 Å². The van der Waals surface area contributed by atoms with E-state index >= 15 is 0 Å². The second-order valence-corrected chi connectivity index (χ2v) is 2.81. The Morgan fingerprint density at radius 2 is 1.71 bits per heavy atom. The predicted octanol–water partition coefficient (Wildman–Crippen LogP) is 0.634. The summed E-state index contributed by atoms with van der Waals surface area (Å²) in [6, 6.07) is 0. The van der Waals surface area contributed by atoms with Gasteiger partial charge in [0.15, 0.2) is 0 Å². The number of hydrogen-bond donors (Lipinski definition) is 2. The Balaban J connectivity index is 3.54. The fraction of sp³-hybridized carbons (Fsp3) is 1.00. The highest BCUT2D eigenvalue weighted by Gasteiger charge is 2.26. The first-order valence-electron chi connectivity index (χ1n) is 1.44. The molecular weight excluding hydrogens is 160 g/mol. The van der Waals surface area contributed by atoms with Crippen molar-refractivity contribution >= 4 is 34.8 Å². The van der Waals surface area contributed by atoms with Gasteiger partial charge in [-0.05, 0) is 0 Å². The maximum absolute atomic E-state index is 8.37. The maximum Gasteiger partial charge on any atom is 0.244 e. The van der Waals surface area contributed by atoms with Gasteiger partial charge in [0.05, 0.1) is 0 Å². The van der Waals surface area contributed by atoms with Crippen LogP contribution in [0, 0.1) is 0 Å². The highest BCUT2D eigenvalue weighted by atomic mass is 35.5. The van der Waals surface area contributed by atoms with Gasteiger partial charge in [-0.2, -0.15) is 0 Å². The zero-order valence-corrected chi connectivity index (χ0v) is 5.50. The monoisotopic (exact) mass is 163 g/mol.